The van der Waals surface area contributed by atoms with Crippen molar-refractivity contribution < 1.29 is 9.47 Å². The van der Waals surface area contributed by atoms with Gasteiger partial charge < -0.3 is 15.2 Å². The van der Waals surface area contributed by atoms with Crippen LogP contribution in [0, 0.1) is 5.92 Å². The Bertz CT molecular complexity index is 452. The maximum atomic E-state index is 6.34. The lowest BCUT2D eigenvalue weighted by Gasteiger charge is -2.27. The minimum atomic E-state index is 0.0482. The first-order valence-electron chi connectivity index (χ1n) is 7.73. The summed E-state index contributed by atoms with van der Waals surface area (Å²) < 4.78 is 10.6. The molecule has 3 nitrogen and oxygen atoms in total. The fourth-order valence-electron chi connectivity index (χ4n) is 2.95. The third-order valence-corrected chi connectivity index (χ3v) is 5.69. The van der Waals surface area contributed by atoms with Crippen molar-refractivity contribution in [2.24, 2.45) is 11.7 Å². The zero-order valence-electron chi connectivity index (χ0n) is 13.3. The molecule has 1 aromatic rings. The first-order valence-corrected chi connectivity index (χ1v) is 8.78. The number of methoxy groups -OCH3 is 2. The Morgan fingerprint density at radius 3 is 2.67 bits per heavy atom. The number of hydrogen-bond acceptors (Lipinski definition) is 4. The van der Waals surface area contributed by atoms with E-state index in [4.69, 9.17) is 15.2 Å². The van der Waals surface area contributed by atoms with Gasteiger partial charge in [-0.3, -0.25) is 0 Å². The molecule has 4 heteroatoms. The van der Waals surface area contributed by atoms with Crippen LogP contribution in [0.2, 0.25) is 0 Å². The zero-order valence-corrected chi connectivity index (χ0v) is 14.1. The standard InChI is InChI=1S/C17H27NO2S/c1-12-5-4-6-14(9-12)21-11-15(18)13-7-8-16(19-2)17(10-13)20-3/h7-8,10,12,14-15H,4-6,9,11,18H2,1-3H3. The number of thioether (sulfide) groups is 1. The number of hydrogen-bond donors (Lipinski definition) is 1. The highest BCUT2D eigenvalue weighted by Gasteiger charge is 2.20. The summed E-state index contributed by atoms with van der Waals surface area (Å²) in [7, 11) is 3.31. The van der Waals surface area contributed by atoms with E-state index in [9.17, 15) is 0 Å². The minimum absolute atomic E-state index is 0.0482. The Balaban J connectivity index is 1.92. The van der Waals surface area contributed by atoms with Gasteiger partial charge in [0.15, 0.2) is 11.5 Å². The summed E-state index contributed by atoms with van der Waals surface area (Å²) >= 11 is 2.03. The Morgan fingerprint density at radius 2 is 2.00 bits per heavy atom. The molecule has 1 saturated carbocycles. The molecule has 118 valence electrons. The Kier molecular flexibility index (Phi) is 6.24. The van der Waals surface area contributed by atoms with Crippen molar-refractivity contribution >= 4 is 11.8 Å². The molecular formula is C17H27NO2S. The minimum Gasteiger partial charge on any atom is -0.493 e. The predicted molar refractivity (Wildman–Crippen MR) is 90.4 cm³/mol. The normalized spacial score (nSPS) is 23.6. The van der Waals surface area contributed by atoms with Gasteiger partial charge in [-0.1, -0.05) is 25.8 Å². The van der Waals surface area contributed by atoms with E-state index in [0.717, 1.165) is 34.0 Å². The molecule has 0 aromatic heterocycles. The van der Waals surface area contributed by atoms with E-state index in [0.29, 0.717) is 0 Å². The third kappa shape index (κ3) is 4.55. The Morgan fingerprint density at radius 1 is 1.24 bits per heavy atom. The lowest BCUT2D eigenvalue weighted by atomic mass is 9.91. The molecule has 0 aliphatic heterocycles. The van der Waals surface area contributed by atoms with E-state index in [1.54, 1.807) is 14.2 Å². The van der Waals surface area contributed by atoms with E-state index in [2.05, 4.69) is 6.92 Å². The van der Waals surface area contributed by atoms with Crippen molar-refractivity contribution in [1.29, 1.82) is 0 Å². The molecule has 0 amide bonds. The van der Waals surface area contributed by atoms with Gasteiger partial charge >= 0.3 is 0 Å². The van der Waals surface area contributed by atoms with Gasteiger partial charge in [0.2, 0.25) is 0 Å². The molecule has 0 saturated heterocycles. The molecule has 1 fully saturated rings. The second-order valence-corrected chi connectivity index (χ2v) is 7.28. The molecule has 2 N–H and O–H groups in total. The largest absolute Gasteiger partial charge is 0.493 e. The van der Waals surface area contributed by atoms with Gasteiger partial charge in [0, 0.05) is 17.0 Å². The summed E-state index contributed by atoms with van der Waals surface area (Å²) in [6.45, 7) is 2.36. The third-order valence-electron chi connectivity index (χ3n) is 4.24. The van der Waals surface area contributed by atoms with E-state index in [-0.39, 0.29) is 6.04 Å². The molecule has 0 heterocycles. The van der Waals surface area contributed by atoms with Crippen LogP contribution in [0.3, 0.4) is 0 Å². The highest BCUT2D eigenvalue weighted by molar-refractivity contribution is 7.99. The van der Waals surface area contributed by atoms with Crippen LogP contribution >= 0.6 is 11.8 Å². The molecule has 1 aliphatic carbocycles. The van der Waals surface area contributed by atoms with E-state index in [1.165, 1.54) is 25.7 Å². The van der Waals surface area contributed by atoms with Crippen molar-refractivity contribution in [2.75, 3.05) is 20.0 Å². The summed E-state index contributed by atoms with van der Waals surface area (Å²) in [5.74, 6) is 3.34. The molecular weight excluding hydrogens is 282 g/mol. The van der Waals surface area contributed by atoms with Crippen molar-refractivity contribution in [3.8, 4) is 11.5 Å². The van der Waals surface area contributed by atoms with Crippen molar-refractivity contribution in [2.45, 2.75) is 43.9 Å². The van der Waals surface area contributed by atoms with Crippen molar-refractivity contribution in [1.82, 2.24) is 0 Å². The maximum absolute atomic E-state index is 6.34. The number of ether oxygens (including phenoxy) is 2. The summed E-state index contributed by atoms with van der Waals surface area (Å²) in [4.78, 5) is 0. The number of rotatable bonds is 6. The Hall–Kier alpha value is -0.870. The molecule has 21 heavy (non-hydrogen) atoms. The highest BCUT2D eigenvalue weighted by atomic mass is 32.2. The quantitative estimate of drug-likeness (QED) is 0.862. The van der Waals surface area contributed by atoms with Crippen LogP contribution in [0.15, 0.2) is 18.2 Å². The van der Waals surface area contributed by atoms with Crippen LogP contribution < -0.4 is 15.2 Å². The summed E-state index contributed by atoms with van der Waals surface area (Å²) in [5.41, 5.74) is 7.46. The van der Waals surface area contributed by atoms with Crippen molar-refractivity contribution in [3.63, 3.8) is 0 Å². The molecule has 1 aromatic carbocycles. The summed E-state index contributed by atoms with van der Waals surface area (Å²) in [6.07, 6.45) is 5.43. The topological polar surface area (TPSA) is 44.5 Å². The first kappa shape index (κ1) is 16.5. The van der Waals surface area contributed by atoms with Gasteiger partial charge in [-0.15, -0.1) is 0 Å². The van der Waals surface area contributed by atoms with E-state index >= 15 is 0 Å². The molecule has 0 radical (unpaired) electrons. The van der Waals surface area contributed by atoms with E-state index < -0.39 is 0 Å². The SMILES string of the molecule is COc1ccc(C(N)CSC2CCCC(C)C2)cc1OC. The average Bonchev–Trinajstić information content (AvgIpc) is 2.52. The summed E-state index contributed by atoms with van der Waals surface area (Å²) in [6, 6.07) is 6.01. The van der Waals surface area contributed by atoms with Crippen LogP contribution in [-0.4, -0.2) is 25.2 Å². The zero-order chi connectivity index (χ0) is 15.2. The molecule has 2 rings (SSSR count). The van der Waals surface area contributed by atoms with Gasteiger partial charge in [-0.05, 0) is 36.5 Å². The van der Waals surface area contributed by atoms with Gasteiger partial charge in [0.1, 0.15) is 0 Å². The predicted octanol–water partition coefficient (Wildman–Crippen LogP) is 4.02. The van der Waals surface area contributed by atoms with Crippen molar-refractivity contribution in [3.05, 3.63) is 23.8 Å². The lowest BCUT2D eigenvalue weighted by Crippen LogP contribution is -2.19. The van der Waals surface area contributed by atoms with Crippen LogP contribution in [0.1, 0.15) is 44.2 Å². The number of nitrogens with two attached hydrogens (primary N) is 1. The second-order valence-electron chi connectivity index (χ2n) is 5.95. The van der Waals surface area contributed by atoms with Crippen LogP contribution in [0.25, 0.3) is 0 Å². The van der Waals surface area contributed by atoms with Crippen LogP contribution in [-0.2, 0) is 0 Å². The van der Waals surface area contributed by atoms with Gasteiger partial charge in [-0.25, -0.2) is 0 Å². The highest BCUT2D eigenvalue weighted by Crippen LogP contribution is 2.35. The van der Waals surface area contributed by atoms with E-state index in [1.807, 2.05) is 30.0 Å². The monoisotopic (exact) mass is 309 g/mol. The average molecular weight is 309 g/mol. The first-order chi connectivity index (χ1) is 10.1. The molecule has 1 aliphatic rings. The van der Waals surface area contributed by atoms with Crippen LogP contribution in [0.5, 0.6) is 11.5 Å². The van der Waals surface area contributed by atoms with Gasteiger partial charge in [-0.2, -0.15) is 11.8 Å². The fourth-order valence-corrected chi connectivity index (χ4v) is 4.42. The van der Waals surface area contributed by atoms with Gasteiger partial charge in [0.25, 0.3) is 0 Å². The van der Waals surface area contributed by atoms with Crippen LogP contribution in [0.4, 0.5) is 0 Å². The Labute approximate surface area is 132 Å². The smallest absolute Gasteiger partial charge is 0.161 e. The molecule has 3 unspecified atom stereocenters. The maximum Gasteiger partial charge on any atom is 0.161 e. The lowest BCUT2D eigenvalue weighted by molar-refractivity contribution is 0.354. The number of benzene rings is 1. The second kappa shape index (κ2) is 7.95. The van der Waals surface area contributed by atoms with Gasteiger partial charge in [0.05, 0.1) is 14.2 Å². The fraction of sp³-hybridized carbons (Fsp3) is 0.647. The molecule has 0 spiro atoms. The summed E-state index contributed by atoms with van der Waals surface area (Å²) in [5, 5.41) is 0.778. The molecule has 3 atom stereocenters. The molecule has 0 bridgehead atoms.